The molecule has 0 aliphatic carbocycles. The van der Waals surface area contributed by atoms with E-state index < -0.39 is 15.1 Å². The van der Waals surface area contributed by atoms with Crippen molar-refractivity contribution in [3.63, 3.8) is 0 Å². The van der Waals surface area contributed by atoms with Crippen LogP contribution in [0.1, 0.15) is 10.5 Å². The molecular formula is C10H13BrN2O3S. The van der Waals surface area contributed by atoms with E-state index in [1.54, 1.807) is 28.8 Å². The molecule has 1 aromatic rings. The molecule has 1 aromatic heterocycles. The topological polar surface area (TPSA) is 59.4 Å². The van der Waals surface area contributed by atoms with Crippen LogP contribution in [0.15, 0.2) is 16.7 Å². The first-order valence-corrected chi connectivity index (χ1v) is 7.84. The molecule has 0 unspecified atom stereocenters. The van der Waals surface area contributed by atoms with Crippen molar-refractivity contribution in [1.29, 1.82) is 0 Å². The Hall–Kier alpha value is -0.820. The van der Waals surface area contributed by atoms with E-state index in [4.69, 9.17) is 0 Å². The number of sulfone groups is 1. The smallest absolute Gasteiger partial charge is 0.270 e. The van der Waals surface area contributed by atoms with Crippen molar-refractivity contribution in [3.8, 4) is 0 Å². The van der Waals surface area contributed by atoms with Gasteiger partial charge in [-0.15, -0.1) is 0 Å². The first-order valence-electron chi connectivity index (χ1n) is 5.09. The van der Waals surface area contributed by atoms with Gasteiger partial charge in [0.15, 0.2) is 9.84 Å². The first-order chi connectivity index (χ1) is 7.79. The fraction of sp³-hybridized carbons (Fsp3) is 0.500. The van der Waals surface area contributed by atoms with Gasteiger partial charge in [0, 0.05) is 37.1 Å². The van der Waals surface area contributed by atoms with Gasteiger partial charge < -0.3 is 9.47 Å². The summed E-state index contributed by atoms with van der Waals surface area (Å²) < 4.78 is 25.0. The highest BCUT2D eigenvalue weighted by Gasteiger charge is 2.38. The molecule has 94 valence electrons. The van der Waals surface area contributed by atoms with Crippen LogP contribution in [0.3, 0.4) is 0 Å². The van der Waals surface area contributed by atoms with E-state index in [9.17, 15) is 13.2 Å². The van der Waals surface area contributed by atoms with Gasteiger partial charge in [-0.3, -0.25) is 4.79 Å². The molecule has 0 N–H and O–H groups in total. The number of hydrogen-bond donors (Lipinski definition) is 0. The Balaban J connectivity index is 2.08. The summed E-state index contributed by atoms with van der Waals surface area (Å²) in [5.41, 5.74) is 0.559. The molecule has 0 saturated carbocycles. The number of nitrogens with zero attached hydrogens (tertiary/aromatic N) is 2. The minimum Gasteiger partial charge on any atom is -0.345 e. The van der Waals surface area contributed by atoms with Crippen LogP contribution in [0.5, 0.6) is 0 Å². The van der Waals surface area contributed by atoms with Gasteiger partial charge in [0.1, 0.15) is 5.69 Å². The van der Waals surface area contributed by atoms with E-state index in [1.807, 2.05) is 0 Å². The summed E-state index contributed by atoms with van der Waals surface area (Å²) in [6.45, 7) is 0.584. The normalized spacial score (nSPS) is 17.0. The Morgan fingerprint density at radius 2 is 2.06 bits per heavy atom. The quantitative estimate of drug-likeness (QED) is 0.804. The highest BCUT2D eigenvalue weighted by Crippen LogP contribution is 2.21. The van der Waals surface area contributed by atoms with Crippen LogP contribution in [0.4, 0.5) is 0 Å². The van der Waals surface area contributed by atoms with E-state index in [1.165, 1.54) is 6.26 Å². The lowest BCUT2D eigenvalue weighted by Crippen LogP contribution is -2.56. The standard InChI is InChI=1S/C10H13BrN2O3S/c1-12-4-7(11)3-9(12)10(14)13-5-8(6-13)17(2,15)16/h3-4,8H,5-6H2,1-2H3. The predicted molar refractivity (Wildman–Crippen MR) is 67.6 cm³/mol. The number of likely N-dealkylation sites (tertiary alicyclic amines) is 1. The number of aromatic nitrogens is 1. The van der Waals surface area contributed by atoms with Crippen LogP contribution in [0.25, 0.3) is 0 Å². The van der Waals surface area contributed by atoms with Gasteiger partial charge in [-0.2, -0.15) is 0 Å². The number of amides is 1. The van der Waals surface area contributed by atoms with E-state index >= 15 is 0 Å². The molecule has 0 spiro atoms. The Kier molecular flexibility index (Phi) is 3.07. The molecule has 7 heteroatoms. The highest BCUT2D eigenvalue weighted by atomic mass is 79.9. The SMILES string of the molecule is Cn1cc(Br)cc1C(=O)N1CC(S(C)(=O)=O)C1. The lowest BCUT2D eigenvalue weighted by molar-refractivity contribution is 0.0649. The number of halogens is 1. The molecule has 1 saturated heterocycles. The maximum absolute atomic E-state index is 12.0. The van der Waals surface area contributed by atoms with Gasteiger partial charge in [-0.1, -0.05) is 0 Å². The number of carbonyl (C=O) groups is 1. The molecule has 1 aliphatic rings. The van der Waals surface area contributed by atoms with Crippen LogP contribution in [-0.2, 0) is 16.9 Å². The van der Waals surface area contributed by atoms with Crippen molar-refractivity contribution in [2.75, 3.05) is 19.3 Å². The summed E-state index contributed by atoms with van der Waals surface area (Å²) in [5, 5.41) is -0.407. The highest BCUT2D eigenvalue weighted by molar-refractivity contribution is 9.10. The lowest BCUT2D eigenvalue weighted by atomic mass is 10.2. The Morgan fingerprint density at radius 1 is 1.47 bits per heavy atom. The van der Waals surface area contributed by atoms with Crippen molar-refractivity contribution in [2.45, 2.75) is 5.25 Å². The van der Waals surface area contributed by atoms with E-state index in [-0.39, 0.29) is 5.91 Å². The Morgan fingerprint density at radius 3 is 2.47 bits per heavy atom. The van der Waals surface area contributed by atoms with Crippen LogP contribution in [0.2, 0.25) is 0 Å². The average molecular weight is 321 g/mol. The summed E-state index contributed by atoms with van der Waals surface area (Å²) in [7, 11) is -1.25. The number of hydrogen-bond acceptors (Lipinski definition) is 3. The van der Waals surface area contributed by atoms with Crippen LogP contribution in [0, 0.1) is 0 Å². The van der Waals surface area contributed by atoms with Crippen molar-refractivity contribution < 1.29 is 13.2 Å². The van der Waals surface area contributed by atoms with Crippen molar-refractivity contribution in [1.82, 2.24) is 9.47 Å². The minimum absolute atomic E-state index is 0.127. The molecule has 2 heterocycles. The van der Waals surface area contributed by atoms with Crippen molar-refractivity contribution in [3.05, 3.63) is 22.4 Å². The average Bonchev–Trinajstić information content (AvgIpc) is 2.39. The summed E-state index contributed by atoms with van der Waals surface area (Å²) in [6, 6.07) is 1.73. The third-order valence-corrected chi connectivity index (χ3v) is 4.87. The molecule has 0 radical (unpaired) electrons. The molecule has 1 amide bonds. The van der Waals surface area contributed by atoms with Gasteiger partial charge in [-0.25, -0.2) is 8.42 Å². The largest absolute Gasteiger partial charge is 0.345 e. The second-order valence-electron chi connectivity index (χ2n) is 4.32. The Labute approximate surface area is 108 Å². The molecule has 0 aromatic carbocycles. The summed E-state index contributed by atoms with van der Waals surface area (Å²) in [5.74, 6) is -0.127. The molecule has 2 rings (SSSR count). The predicted octanol–water partition coefficient (Wildman–Crippen LogP) is 0.657. The fourth-order valence-corrected chi connectivity index (χ4v) is 3.20. The molecule has 0 atom stereocenters. The third-order valence-electron chi connectivity index (χ3n) is 2.93. The number of carbonyl (C=O) groups excluding carboxylic acids is 1. The molecule has 17 heavy (non-hydrogen) atoms. The molecule has 0 bridgehead atoms. The molecule has 5 nitrogen and oxygen atoms in total. The van der Waals surface area contributed by atoms with E-state index in [0.29, 0.717) is 18.8 Å². The maximum atomic E-state index is 12.0. The van der Waals surface area contributed by atoms with Crippen LogP contribution < -0.4 is 0 Å². The van der Waals surface area contributed by atoms with Gasteiger partial charge >= 0.3 is 0 Å². The van der Waals surface area contributed by atoms with Gasteiger partial charge in [0.25, 0.3) is 5.91 Å². The number of rotatable bonds is 2. The summed E-state index contributed by atoms with van der Waals surface area (Å²) in [6.07, 6.45) is 3.00. The second kappa shape index (κ2) is 4.13. The molecule has 1 fully saturated rings. The van der Waals surface area contributed by atoms with Crippen molar-refractivity contribution >= 4 is 31.7 Å². The summed E-state index contributed by atoms with van der Waals surface area (Å²) in [4.78, 5) is 13.6. The summed E-state index contributed by atoms with van der Waals surface area (Å²) >= 11 is 3.30. The van der Waals surface area contributed by atoms with Crippen molar-refractivity contribution in [2.24, 2.45) is 7.05 Å². The van der Waals surface area contributed by atoms with Crippen LogP contribution >= 0.6 is 15.9 Å². The maximum Gasteiger partial charge on any atom is 0.270 e. The second-order valence-corrected chi connectivity index (χ2v) is 7.56. The third kappa shape index (κ3) is 2.40. The van der Waals surface area contributed by atoms with E-state index in [0.717, 1.165) is 4.47 Å². The van der Waals surface area contributed by atoms with E-state index in [2.05, 4.69) is 15.9 Å². The minimum atomic E-state index is -3.03. The monoisotopic (exact) mass is 320 g/mol. The van der Waals surface area contributed by atoms with Gasteiger partial charge in [0.05, 0.1) is 5.25 Å². The van der Waals surface area contributed by atoms with Gasteiger partial charge in [-0.05, 0) is 22.0 Å². The number of aryl methyl sites for hydroxylation is 1. The Bertz CT molecular complexity index is 558. The first kappa shape index (κ1) is 12.6. The molecule has 1 aliphatic heterocycles. The zero-order valence-electron chi connectivity index (χ0n) is 9.55. The lowest BCUT2D eigenvalue weighted by Gasteiger charge is -2.37. The van der Waals surface area contributed by atoms with Gasteiger partial charge in [0.2, 0.25) is 0 Å². The fourth-order valence-electron chi connectivity index (χ4n) is 1.77. The zero-order chi connectivity index (χ0) is 12.8. The zero-order valence-corrected chi connectivity index (χ0v) is 12.0. The molecular weight excluding hydrogens is 308 g/mol. The van der Waals surface area contributed by atoms with Crippen LogP contribution in [-0.4, -0.2) is 48.4 Å².